The number of carbonyl (C=O) groups is 1. The van der Waals surface area contributed by atoms with E-state index in [1.165, 1.54) is 0 Å². The Hall–Kier alpha value is -1.20. The average molecular weight is 294 g/mol. The van der Waals surface area contributed by atoms with E-state index in [0.717, 1.165) is 22.6 Å². The Kier molecular flexibility index (Phi) is 4.94. The van der Waals surface area contributed by atoms with E-state index in [4.69, 9.17) is 4.74 Å². The second kappa shape index (κ2) is 6.50. The summed E-state index contributed by atoms with van der Waals surface area (Å²) in [6.45, 7) is 4.54. The van der Waals surface area contributed by atoms with E-state index in [9.17, 15) is 4.79 Å². The van der Waals surface area contributed by atoms with Crippen LogP contribution in [0.1, 0.15) is 24.2 Å². The van der Waals surface area contributed by atoms with Gasteiger partial charge in [0.15, 0.2) is 0 Å². The van der Waals surface area contributed by atoms with Crippen LogP contribution in [-0.2, 0) is 4.79 Å². The van der Waals surface area contributed by atoms with Crippen molar-refractivity contribution < 1.29 is 9.53 Å². The lowest BCUT2D eigenvalue weighted by molar-refractivity contribution is -0.129. The van der Waals surface area contributed by atoms with Crippen LogP contribution in [0.2, 0.25) is 0 Å². The van der Waals surface area contributed by atoms with Gasteiger partial charge in [-0.15, -0.1) is 0 Å². The molecule has 0 saturated carbocycles. The molecule has 1 N–H and O–H groups in total. The van der Waals surface area contributed by atoms with Gasteiger partial charge in [0.05, 0.1) is 13.7 Å². The molecule has 5 heteroatoms. The minimum Gasteiger partial charge on any atom is -0.496 e. The van der Waals surface area contributed by atoms with Crippen LogP contribution < -0.4 is 10.1 Å². The molecule has 1 fully saturated rings. The third-order valence-corrected chi connectivity index (χ3v) is 4.45. The lowest BCUT2D eigenvalue weighted by Gasteiger charge is -2.30. The molecule has 1 aromatic carbocycles. The number of carbonyl (C=O) groups excluding carboxylic acids is 1. The highest BCUT2D eigenvalue weighted by Crippen LogP contribution is 2.29. The number of nitrogens with one attached hydrogen (secondary N) is 1. The molecule has 0 bridgehead atoms. The predicted octanol–water partition coefficient (Wildman–Crippen LogP) is 2.19. The van der Waals surface area contributed by atoms with E-state index in [-0.39, 0.29) is 18.1 Å². The molecule has 1 aliphatic heterocycles. The highest BCUT2D eigenvalue weighted by atomic mass is 32.2. The zero-order chi connectivity index (χ0) is 14.7. The summed E-state index contributed by atoms with van der Waals surface area (Å²) in [6, 6.07) is 6.31. The van der Waals surface area contributed by atoms with E-state index >= 15 is 0 Å². The van der Waals surface area contributed by atoms with Crippen molar-refractivity contribution in [3.05, 3.63) is 29.3 Å². The van der Waals surface area contributed by atoms with Gasteiger partial charge in [0.25, 0.3) is 0 Å². The first-order chi connectivity index (χ1) is 9.58. The minimum atomic E-state index is -0.0331. The van der Waals surface area contributed by atoms with Gasteiger partial charge < -0.3 is 9.64 Å². The largest absolute Gasteiger partial charge is 0.496 e. The molecule has 0 spiro atoms. The molecule has 0 radical (unpaired) electrons. The van der Waals surface area contributed by atoms with Crippen LogP contribution in [0.3, 0.4) is 0 Å². The molecule has 110 valence electrons. The van der Waals surface area contributed by atoms with Gasteiger partial charge in [-0.3, -0.25) is 10.1 Å². The van der Waals surface area contributed by atoms with Crippen LogP contribution in [0.5, 0.6) is 5.75 Å². The molecular weight excluding hydrogens is 272 g/mol. The molecule has 2 atom stereocenters. The normalized spacial score (nSPS) is 20.3. The smallest absolute Gasteiger partial charge is 0.238 e. The summed E-state index contributed by atoms with van der Waals surface area (Å²) < 4.78 is 5.29. The van der Waals surface area contributed by atoms with Crippen molar-refractivity contribution in [3.8, 4) is 5.75 Å². The van der Waals surface area contributed by atoms with Crippen molar-refractivity contribution in [1.82, 2.24) is 10.2 Å². The molecular formula is C15H22N2O2S. The van der Waals surface area contributed by atoms with Crippen LogP contribution in [-0.4, -0.2) is 42.5 Å². The number of benzene rings is 1. The molecule has 1 amide bonds. The fraction of sp³-hybridized carbons (Fsp3) is 0.533. The molecule has 2 unspecified atom stereocenters. The zero-order valence-corrected chi connectivity index (χ0v) is 13.3. The summed E-state index contributed by atoms with van der Waals surface area (Å²) in [7, 11) is 1.67. The fourth-order valence-corrected chi connectivity index (χ4v) is 3.33. The number of hydrogen-bond donors (Lipinski definition) is 1. The molecule has 1 saturated heterocycles. The van der Waals surface area contributed by atoms with Gasteiger partial charge in [0.1, 0.15) is 11.9 Å². The summed E-state index contributed by atoms with van der Waals surface area (Å²) in [6.07, 6.45) is 2.03. The van der Waals surface area contributed by atoms with Crippen LogP contribution in [0, 0.1) is 6.92 Å². The Morgan fingerprint density at radius 3 is 2.90 bits per heavy atom. The molecule has 1 aliphatic rings. The van der Waals surface area contributed by atoms with Crippen molar-refractivity contribution in [1.29, 1.82) is 0 Å². The first-order valence-electron chi connectivity index (χ1n) is 6.76. The van der Waals surface area contributed by atoms with Gasteiger partial charge in [0.2, 0.25) is 5.91 Å². The second-order valence-corrected chi connectivity index (χ2v) is 6.03. The average Bonchev–Trinajstić information content (AvgIpc) is 2.81. The first-order valence-corrected chi connectivity index (χ1v) is 8.16. The molecule has 0 aliphatic carbocycles. The van der Waals surface area contributed by atoms with Crippen molar-refractivity contribution in [3.63, 3.8) is 0 Å². The minimum absolute atomic E-state index is 0.0331. The molecule has 0 aromatic heterocycles. The lowest BCUT2D eigenvalue weighted by atomic mass is 10.1. The van der Waals surface area contributed by atoms with Crippen LogP contribution in [0.4, 0.5) is 0 Å². The van der Waals surface area contributed by atoms with Crippen LogP contribution >= 0.6 is 11.8 Å². The maximum Gasteiger partial charge on any atom is 0.238 e. The van der Waals surface area contributed by atoms with Gasteiger partial charge in [-0.25, -0.2) is 0 Å². The monoisotopic (exact) mass is 294 g/mol. The summed E-state index contributed by atoms with van der Waals surface area (Å²) in [5, 5.41) is 3.30. The van der Waals surface area contributed by atoms with E-state index in [1.54, 1.807) is 18.9 Å². The van der Waals surface area contributed by atoms with Crippen molar-refractivity contribution in [2.45, 2.75) is 26.1 Å². The Bertz CT molecular complexity index is 493. The van der Waals surface area contributed by atoms with E-state index in [0.29, 0.717) is 6.54 Å². The van der Waals surface area contributed by atoms with Gasteiger partial charge in [-0.05, 0) is 43.4 Å². The van der Waals surface area contributed by atoms with Crippen molar-refractivity contribution in [2.75, 3.05) is 25.7 Å². The number of ether oxygens (including phenoxy) is 1. The van der Waals surface area contributed by atoms with Crippen LogP contribution in [0.25, 0.3) is 0 Å². The number of methoxy groups -OCH3 is 1. The number of thioether (sulfide) groups is 1. The molecule has 4 nitrogen and oxygen atoms in total. The summed E-state index contributed by atoms with van der Waals surface area (Å²) in [5.41, 5.74) is 2.20. The number of rotatable bonds is 5. The highest BCUT2D eigenvalue weighted by Gasteiger charge is 2.34. The fourth-order valence-electron chi connectivity index (χ4n) is 2.69. The number of hydrogen-bond acceptors (Lipinski definition) is 4. The SMILES string of the molecule is COc1ccc(C2NCC(=O)N2C(C)CSC)cc1C. The summed E-state index contributed by atoms with van der Waals surface area (Å²) in [4.78, 5) is 14.1. The maximum atomic E-state index is 12.1. The predicted molar refractivity (Wildman–Crippen MR) is 83.2 cm³/mol. The lowest BCUT2D eigenvalue weighted by Crippen LogP contribution is -2.39. The standard InChI is InChI=1S/C15H22N2O2S/c1-10-7-12(5-6-13(10)19-3)15-16-8-14(18)17(15)11(2)9-20-4/h5-7,11,15-16H,8-9H2,1-4H3. The van der Waals surface area contributed by atoms with Gasteiger partial charge in [-0.2, -0.15) is 11.8 Å². The van der Waals surface area contributed by atoms with Crippen molar-refractivity contribution >= 4 is 17.7 Å². The number of nitrogens with zero attached hydrogens (tertiary/aromatic N) is 1. The van der Waals surface area contributed by atoms with E-state index in [1.807, 2.05) is 24.0 Å². The van der Waals surface area contributed by atoms with E-state index < -0.39 is 0 Å². The Labute approximate surface area is 124 Å². The Morgan fingerprint density at radius 2 is 2.30 bits per heavy atom. The number of aryl methyl sites for hydroxylation is 1. The molecule has 20 heavy (non-hydrogen) atoms. The van der Waals surface area contributed by atoms with Gasteiger partial charge >= 0.3 is 0 Å². The Balaban J connectivity index is 2.26. The second-order valence-electron chi connectivity index (χ2n) is 5.12. The summed E-state index contributed by atoms with van der Waals surface area (Å²) >= 11 is 1.76. The summed E-state index contributed by atoms with van der Waals surface area (Å²) in [5.74, 6) is 1.99. The van der Waals surface area contributed by atoms with Gasteiger partial charge in [-0.1, -0.05) is 6.07 Å². The quantitative estimate of drug-likeness (QED) is 0.904. The Morgan fingerprint density at radius 1 is 1.55 bits per heavy atom. The third-order valence-electron chi connectivity index (χ3n) is 3.63. The third kappa shape index (κ3) is 2.94. The molecule has 1 heterocycles. The van der Waals surface area contributed by atoms with Gasteiger partial charge in [0, 0.05) is 11.8 Å². The first kappa shape index (κ1) is 15.2. The van der Waals surface area contributed by atoms with Crippen molar-refractivity contribution in [2.24, 2.45) is 0 Å². The zero-order valence-electron chi connectivity index (χ0n) is 12.5. The molecule has 2 rings (SSSR count). The highest BCUT2D eigenvalue weighted by molar-refractivity contribution is 7.98. The maximum absolute atomic E-state index is 12.1. The van der Waals surface area contributed by atoms with E-state index in [2.05, 4.69) is 24.6 Å². The number of amides is 1. The molecule has 1 aromatic rings. The van der Waals surface area contributed by atoms with Crippen LogP contribution in [0.15, 0.2) is 18.2 Å². The topological polar surface area (TPSA) is 41.6 Å².